The van der Waals surface area contributed by atoms with E-state index >= 15 is 0 Å². The smallest absolute Gasteiger partial charge is 0.108 e. The van der Waals surface area contributed by atoms with Crippen molar-refractivity contribution in [3.63, 3.8) is 0 Å². The van der Waals surface area contributed by atoms with Gasteiger partial charge in [0.2, 0.25) is 0 Å². The number of aromatic nitrogens is 1. The first-order valence-corrected chi connectivity index (χ1v) is 6.97. The minimum atomic E-state index is 0.327. The van der Waals surface area contributed by atoms with Crippen LogP contribution in [0.2, 0.25) is 0 Å². The Hall–Kier alpha value is -3.23. The van der Waals surface area contributed by atoms with Gasteiger partial charge >= 0.3 is 0 Å². The van der Waals surface area contributed by atoms with Gasteiger partial charge in [0.15, 0.2) is 0 Å². The second kappa shape index (κ2) is 5.64. The van der Waals surface area contributed by atoms with Crippen LogP contribution in [0.5, 0.6) is 0 Å². The first-order valence-electron chi connectivity index (χ1n) is 6.97. The average Bonchev–Trinajstić information content (AvgIpc) is 2.86. The third kappa shape index (κ3) is 2.18. The van der Waals surface area contributed by atoms with E-state index in [1.807, 2.05) is 37.4 Å². The van der Waals surface area contributed by atoms with Gasteiger partial charge in [0.25, 0.3) is 0 Å². The third-order valence-electron chi connectivity index (χ3n) is 3.76. The Kier molecular flexibility index (Phi) is 3.52. The summed E-state index contributed by atoms with van der Waals surface area (Å²) in [4.78, 5) is 0. The minimum absolute atomic E-state index is 0.327. The lowest BCUT2D eigenvalue weighted by atomic mass is 10.0. The van der Waals surface area contributed by atoms with Gasteiger partial charge in [0.05, 0.1) is 5.69 Å². The van der Waals surface area contributed by atoms with Crippen LogP contribution in [0.4, 0.5) is 0 Å². The molecule has 104 valence electrons. The number of rotatable bonds is 2. The second-order valence-corrected chi connectivity index (χ2v) is 5.02. The van der Waals surface area contributed by atoms with E-state index in [4.69, 9.17) is 11.7 Å². The molecule has 1 aromatic heterocycles. The molecule has 0 saturated heterocycles. The van der Waals surface area contributed by atoms with E-state index in [2.05, 4.69) is 40.8 Å². The summed E-state index contributed by atoms with van der Waals surface area (Å²) < 4.78 is 2.14. The van der Waals surface area contributed by atoms with Gasteiger partial charge in [-0.25, -0.2) is 0 Å². The lowest BCUT2D eigenvalue weighted by Gasteiger charge is -2.06. The number of para-hydroxylation sites is 1. The Bertz CT molecular complexity index is 929. The summed E-state index contributed by atoms with van der Waals surface area (Å²) in [5.41, 5.74) is 4.58. The van der Waals surface area contributed by atoms with Crippen molar-refractivity contribution in [2.24, 2.45) is 7.05 Å². The van der Waals surface area contributed by atoms with Crippen LogP contribution in [0, 0.1) is 23.7 Å². The van der Waals surface area contributed by atoms with E-state index < -0.39 is 0 Å². The third-order valence-corrected chi connectivity index (χ3v) is 3.76. The maximum absolute atomic E-state index is 9.16. The summed E-state index contributed by atoms with van der Waals surface area (Å²) in [6.07, 6.45) is 7.22. The van der Waals surface area contributed by atoms with Crippen molar-refractivity contribution in [1.82, 2.24) is 4.57 Å². The lowest BCUT2D eigenvalue weighted by molar-refractivity contribution is 0.977. The van der Waals surface area contributed by atoms with E-state index in [1.54, 1.807) is 6.08 Å². The van der Waals surface area contributed by atoms with Gasteiger partial charge in [-0.05, 0) is 17.7 Å². The fourth-order valence-electron chi connectivity index (χ4n) is 2.76. The van der Waals surface area contributed by atoms with Gasteiger partial charge in [0, 0.05) is 23.5 Å². The molecule has 0 bridgehead atoms. The number of nitriles is 1. The molecule has 2 aromatic carbocycles. The molecule has 0 radical (unpaired) electrons. The predicted octanol–water partition coefficient (Wildman–Crippen LogP) is 4.39. The Morgan fingerprint density at radius 2 is 1.77 bits per heavy atom. The highest BCUT2D eigenvalue weighted by Crippen LogP contribution is 2.34. The van der Waals surface area contributed by atoms with E-state index in [0.717, 1.165) is 27.7 Å². The zero-order chi connectivity index (χ0) is 15.5. The number of benzene rings is 2. The number of hydrogen-bond donors (Lipinski definition) is 0. The number of fused-ring (bicyclic) bond motifs is 1. The molecule has 3 aromatic rings. The van der Waals surface area contributed by atoms with Gasteiger partial charge in [-0.3, -0.25) is 0 Å². The van der Waals surface area contributed by atoms with Gasteiger partial charge in [-0.1, -0.05) is 54.5 Å². The van der Waals surface area contributed by atoms with Crippen LogP contribution in [-0.4, -0.2) is 4.57 Å². The molecule has 0 saturated carbocycles. The van der Waals surface area contributed by atoms with Crippen LogP contribution >= 0.6 is 0 Å². The number of nitrogens with zero attached hydrogens (tertiary/aromatic N) is 2. The molecule has 0 spiro atoms. The summed E-state index contributed by atoms with van der Waals surface area (Å²) in [7, 11) is 2.03. The Balaban J connectivity index is 2.41. The number of hydrogen-bond acceptors (Lipinski definition) is 1. The molecular weight excluding hydrogens is 268 g/mol. The maximum atomic E-state index is 9.16. The molecule has 0 amide bonds. The molecule has 0 aliphatic carbocycles. The topological polar surface area (TPSA) is 28.7 Å². The number of allylic oxidation sites excluding steroid dienone is 1. The summed E-state index contributed by atoms with van der Waals surface area (Å²) in [6.45, 7) is 0. The van der Waals surface area contributed by atoms with Crippen molar-refractivity contribution >= 4 is 17.0 Å². The monoisotopic (exact) mass is 282 g/mol. The van der Waals surface area contributed by atoms with Crippen molar-refractivity contribution in [3.8, 4) is 29.7 Å². The minimum Gasteiger partial charge on any atom is -0.343 e. The summed E-state index contributed by atoms with van der Waals surface area (Å²) in [6, 6.07) is 20.3. The quantitative estimate of drug-likeness (QED) is 0.506. The highest BCUT2D eigenvalue weighted by molar-refractivity contribution is 5.98. The first-order chi connectivity index (χ1) is 10.8. The summed E-state index contributed by atoms with van der Waals surface area (Å²) in [5.74, 6) is 2.44. The Morgan fingerprint density at radius 1 is 1.09 bits per heavy atom. The Morgan fingerprint density at radius 3 is 2.45 bits per heavy atom. The molecule has 3 rings (SSSR count). The first kappa shape index (κ1) is 13.7. The average molecular weight is 282 g/mol. The highest BCUT2D eigenvalue weighted by atomic mass is 14.9. The fraction of sp³-hybridized carbons (Fsp3) is 0.0500. The van der Waals surface area contributed by atoms with Crippen LogP contribution in [0.25, 0.3) is 28.2 Å². The molecule has 0 aliphatic rings. The SMILES string of the molecule is C#C/C(C#N)=C/c1c(-c2ccccc2)n(C)c2ccccc12. The van der Waals surface area contributed by atoms with Gasteiger partial charge < -0.3 is 4.57 Å². The van der Waals surface area contributed by atoms with Crippen LogP contribution < -0.4 is 0 Å². The van der Waals surface area contributed by atoms with Crippen molar-refractivity contribution < 1.29 is 0 Å². The number of terminal acetylenes is 1. The summed E-state index contributed by atoms with van der Waals surface area (Å²) >= 11 is 0. The van der Waals surface area contributed by atoms with Crippen molar-refractivity contribution in [1.29, 1.82) is 5.26 Å². The van der Waals surface area contributed by atoms with E-state index in [9.17, 15) is 0 Å². The molecule has 2 nitrogen and oxygen atoms in total. The molecule has 2 heteroatoms. The zero-order valence-electron chi connectivity index (χ0n) is 12.2. The zero-order valence-corrected chi connectivity index (χ0v) is 12.2. The van der Waals surface area contributed by atoms with Gasteiger partial charge in [0.1, 0.15) is 11.6 Å². The Labute approximate surface area is 129 Å². The largest absolute Gasteiger partial charge is 0.343 e. The van der Waals surface area contributed by atoms with Gasteiger partial charge in [-0.15, -0.1) is 6.42 Å². The van der Waals surface area contributed by atoms with Crippen molar-refractivity contribution in [2.75, 3.05) is 0 Å². The predicted molar refractivity (Wildman–Crippen MR) is 90.8 cm³/mol. The molecule has 0 aliphatic heterocycles. The standard InChI is InChI=1S/C20H14N2/c1-3-15(14-21)13-18-17-11-7-8-12-19(17)22(2)20(18)16-9-5-4-6-10-16/h1,4-13H,2H3/b15-13-. The fourth-order valence-corrected chi connectivity index (χ4v) is 2.76. The molecule has 0 N–H and O–H groups in total. The molecular formula is C20H14N2. The van der Waals surface area contributed by atoms with Crippen molar-refractivity contribution in [2.45, 2.75) is 0 Å². The molecule has 0 atom stereocenters. The van der Waals surface area contributed by atoms with Crippen LogP contribution in [-0.2, 0) is 7.05 Å². The van der Waals surface area contributed by atoms with Gasteiger partial charge in [-0.2, -0.15) is 5.26 Å². The van der Waals surface area contributed by atoms with E-state index in [1.165, 1.54) is 0 Å². The van der Waals surface area contributed by atoms with Crippen LogP contribution in [0.1, 0.15) is 5.56 Å². The molecule has 0 unspecified atom stereocenters. The second-order valence-electron chi connectivity index (χ2n) is 5.02. The molecule has 0 fully saturated rings. The van der Waals surface area contributed by atoms with Crippen LogP contribution in [0.3, 0.4) is 0 Å². The van der Waals surface area contributed by atoms with Crippen molar-refractivity contribution in [3.05, 3.63) is 65.7 Å². The van der Waals surface area contributed by atoms with E-state index in [0.29, 0.717) is 5.57 Å². The summed E-state index contributed by atoms with van der Waals surface area (Å²) in [5, 5.41) is 10.2. The number of aryl methyl sites for hydroxylation is 1. The maximum Gasteiger partial charge on any atom is 0.108 e. The molecule has 22 heavy (non-hydrogen) atoms. The normalized spacial score (nSPS) is 11.1. The van der Waals surface area contributed by atoms with E-state index in [-0.39, 0.29) is 0 Å². The molecule has 1 heterocycles. The highest BCUT2D eigenvalue weighted by Gasteiger charge is 2.15. The van der Waals surface area contributed by atoms with Crippen LogP contribution in [0.15, 0.2) is 60.2 Å². The lowest BCUT2D eigenvalue weighted by Crippen LogP contribution is -1.92.